The third-order valence-corrected chi connectivity index (χ3v) is 6.10. The topological polar surface area (TPSA) is 46.0 Å². The Hall–Kier alpha value is -1.60. The first-order chi connectivity index (χ1) is 10.9. The number of rotatable bonds is 4. The van der Waals surface area contributed by atoms with Gasteiger partial charge in [0.1, 0.15) is 11.0 Å². The third-order valence-electron chi connectivity index (χ3n) is 3.49. The molecule has 0 amide bonds. The molecule has 22 heavy (non-hydrogen) atoms. The summed E-state index contributed by atoms with van der Waals surface area (Å²) in [5.41, 5.74) is 4.21. The maximum absolute atomic E-state index is 9.07. The molecule has 0 aliphatic heterocycles. The Balaban J connectivity index is 1.86. The predicted molar refractivity (Wildman–Crippen MR) is 94.8 cm³/mol. The summed E-state index contributed by atoms with van der Waals surface area (Å²) in [7, 11) is 0. The summed E-state index contributed by atoms with van der Waals surface area (Å²) in [6.45, 7) is 0.185. The van der Waals surface area contributed by atoms with Crippen LogP contribution in [0.25, 0.3) is 31.9 Å². The minimum absolute atomic E-state index is 0.185. The SMILES string of the molecule is OCCc1ccc(-c2ccc(-c3cccs3)c3nsnc23)s1. The van der Waals surface area contributed by atoms with Crippen LogP contribution >= 0.6 is 34.4 Å². The summed E-state index contributed by atoms with van der Waals surface area (Å²) in [6.07, 6.45) is 0.705. The summed E-state index contributed by atoms with van der Waals surface area (Å²) in [4.78, 5) is 3.59. The fourth-order valence-corrected chi connectivity index (χ4v) is 4.81. The van der Waals surface area contributed by atoms with E-state index in [2.05, 4.69) is 50.5 Å². The lowest BCUT2D eigenvalue weighted by molar-refractivity contribution is 0.300. The number of aromatic nitrogens is 2. The number of nitrogens with zero attached hydrogens (tertiary/aromatic N) is 2. The number of hydrogen-bond donors (Lipinski definition) is 1. The van der Waals surface area contributed by atoms with Gasteiger partial charge in [0.05, 0.1) is 11.7 Å². The molecule has 6 heteroatoms. The van der Waals surface area contributed by atoms with Crippen molar-refractivity contribution in [3.63, 3.8) is 0 Å². The smallest absolute Gasteiger partial charge is 0.114 e. The molecule has 0 radical (unpaired) electrons. The molecule has 0 saturated carbocycles. The van der Waals surface area contributed by atoms with Crippen molar-refractivity contribution < 1.29 is 5.11 Å². The van der Waals surface area contributed by atoms with Gasteiger partial charge in [0.15, 0.2) is 0 Å². The van der Waals surface area contributed by atoms with Gasteiger partial charge in [-0.25, -0.2) is 0 Å². The molecular formula is C16H12N2OS3. The molecule has 0 spiro atoms. The van der Waals surface area contributed by atoms with Crippen LogP contribution in [-0.2, 0) is 6.42 Å². The van der Waals surface area contributed by atoms with Crippen LogP contribution in [0.15, 0.2) is 41.8 Å². The Morgan fingerprint density at radius 3 is 2.36 bits per heavy atom. The molecule has 0 bridgehead atoms. The van der Waals surface area contributed by atoms with E-state index < -0.39 is 0 Å². The summed E-state index contributed by atoms with van der Waals surface area (Å²) >= 11 is 4.69. The van der Waals surface area contributed by atoms with Gasteiger partial charge in [-0.2, -0.15) is 8.75 Å². The van der Waals surface area contributed by atoms with Crippen LogP contribution < -0.4 is 0 Å². The summed E-state index contributed by atoms with van der Waals surface area (Å²) in [5.74, 6) is 0. The third kappa shape index (κ3) is 2.38. The number of thiophene rings is 2. The van der Waals surface area contributed by atoms with Crippen molar-refractivity contribution in [2.45, 2.75) is 6.42 Å². The molecule has 0 aliphatic rings. The highest BCUT2D eigenvalue weighted by atomic mass is 32.1. The Bertz CT molecular complexity index is 909. The lowest BCUT2D eigenvalue weighted by Gasteiger charge is -2.03. The Morgan fingerprint density at radius 2 is 1.68 bits per heavy atom. The fourth-order valence-electron chi connectivity index (χ4n) is 2.46. The average molecular weight is 344 g/mol. The largest absolute Gasteiger partial charge is 0.396 e. The first-order valence-corrected chi connectivity index (χ1v) is 9.28. The van der Waals surface area contributed by atoms with Crippen molar-refractivity contribution in [2.75, 3.05) is 6.61 Å². The van der Waals surface area contributed by atoms with Gasteiger partial charge in [0, 0.05) is 38.8 Å². The second-order valence-corrected chi connectivity index (χ2v) is 7.48. The van der Waals surface area contributed by atoms with Gasteiger partial charge in [0.2, 0.25) is 0 Å². The average Bonchev–Trinajstić information content (AvgIpc) is 3.28. The van der Waals surface area contributed by atoms with E-state index in [0.29, 0.717) is 6.42 Å². The van der Waals surface area contributed by atoms with Gasteiger partial charge in [-0.1, -0.05) is 18.2 Å². The predicted octanol–water partition coefficient (Wildman–Crippen LogP) is 4.68. The first-order valence-electron chi connectivity index (χ1n) is 6.86. The second-order valence-electron chi connectivity index (χ2n) is 4.84. The van der Waals surface area contributed by atoms with Crippen LogP contribution in [0.4, 0.5) is 0 Å². The van der Waals surface area contributed by atoms with E-state index in [1.54, 1.807) is 22.7 Å². The minimum Gasteiger partial charge on any atom is -0.396 e. The molecular weight excluding hydrogens is 332 g/mol. The van der Waals surface area contributed by atoms with Crippen molar-refractivity contribution in [1.29, 1.82) is 0 Å². The fraction of sp³-hybridized carbons (Fsp3) is 0.125. The van der Waals surface area contributed by atoms with Gasteiger partial charge in [-0.15, -0.1) is 22.7 Å². The zero-order valence-electron chi connectivity index (χ0n) is 11.5. The van der Waals surface area contributed by atoms with E-state index in [9.17, 15) is 0 Å². The molecule has 0 atom stereocenters. The summed E-state index contributed by atoms with van der Waals surface area (Å²) in [5, 5.41) is 11.1. The number of fused-ring (bicyclic) bond motifs is 1. The van der Waals surface area contributed by atoms with Gasteiger partial charge >= 0.3 is 0 Å². The van der Waals surface area contributed by atoms with Gasteiger partial charge in [-0.05, 0) is 23.6 Å². The van der Waals surface area contributed by atoms with E-state index in [-0.39, 0.29) is 6.61 Å². The number of hydrogen-bond acceptors (Lipinski definition) is 6. The Kier molecular flexibility index (Phi) is 3.75. The van der Waals surface area contributed by atoms with E-state index in [4.69, 9.17) is 5.11 Å². The summed E-state index contributed by atoms with van der Waals surface area (Å²) < 4.78 is 9.02. The highest BCUT2D eigenvalue weighted by Crippen LogP contribution is 2.38. The quantitative estimate of drug-likeness (QED) is 0.584. The molecule has 3 heterocycles. The van der Waals surface area contributed by atoms with Gasteiger partial charge in [0.25, 0.3) is 0 Å². The molecule has 0 fully saturated rings. The second kappa shape index (κ2) is 5.89. The normalized spacial score (nSPS) is 11.3. The van der Waals surface area contributed by atoms with Crippen LogP contribution in [0, 0.1) is 0 Å². The van der Waals surface area contributed by atoms with Crippen LogP contribution in [0.5, 0.6) is 0 Å². The maximum Gasteiger partial charge on any atom is 0.114 e. The highest BCUT2D eigenvalue weighted by molar-refractivity contribution is 7.15. The number of aliphatic hydroxyl groups is 1. The first kappa shape index (κ1) is 14.0. The van der Waals surface area contributed by atoms with Crippen LogP contribution in [-0.4, -0.2) is 20.5 Å². The van der Waals surface area contributed by atoms with Crippen molar-refractivity contribution in [2.24, 2.45) is 0 Å². The van der Waals surface area contributed by atoms with E-state index >= 15 is 0 Å². The minimum atomic E-state index is 0.185. The van der Waals surface area contributed by atoms with Crippen LogP contribution in [0.3, 0.4) is 0 Å². The molecule has 1 aromatic carbocycles. The lowest BCUT2D eigenvalue weighted by Crippen LogP contribution is -1.84. The van der Waals surface area contributed by atoms with Gasteiger partial charge in [-0.3, -0.25) is 0 Å². The molecule has 3 aromatic heterocycles. The molecule has 0 saturated heterocycles. The monoisotopic (exact) mass is 344 g/mol. The van der Waals surface area contributed by atoms with Crippen LogP contribution in [0.2, 0.25) is 0 Å². The Morgan fingerprint density at radius 1 is 0.909 bits per heavy atom. The molecule has 0 unspecified atom stereocenters. The van der Waals surface area contributed by atoms with Crippen molar-refractivity contribution in [1.82, 2.24) is 8.75 Å². The molecule has 3 nitrogen and oxygen atoms in total. The number of aliphatic hydroxyl groups excluding tert-OH is 1. The van der Waals surface area contributed by atoms with Gasteiger partial charge < -0.3 is 5.11 Å². The van der Waals surface area contributed by atoms with Crippen molar-refractivity contribution >= 4 is 45.4 Å². The molecule has 4 aromatic rings. The van der Waals surface area contributed by atoms with Crippen molar-refractivity contribution in [3.05, 3.63) is 46.7 Å². The van der Waals surface area contributed by atoms with E-state index in [1.807, 2.05) is 0 Å². The summed E-state index contributed by atoms with van der Waals surface area (Å²) in [6, 6.07) is 12.6. The maximum atomic E-state index is 9.07. The molecule has 0 aliphatic carbocycles. The standard InChI is InChI=1S/C16H12N2OS3/c19-8-7-10-3-6-14(21-10)12-5-4-11(13-2-1-9-20-13)15-16(12)18-22-17-15/h1-6,9,19H,7-8H2. The Labute approximate surface area is 139 Å². The van der Waals surface area contributed by atoms with E-state index in [1.165, 1.54) is 26.4 Å². The van der Waals surface area contributed by atoms with Crippen molar-refractivity contribution in [3.8, 4) is 20.9 Å². The zero-order valence-corrected chi connectivity index (χ0v) is 14.0. The molecule has 4 rings (SSSR count). The highest BCUT2D eigenvalue weighted by Gasteiger charge is 2.14. The number of benzene rings is 1. The molecule has 1 N–H and O–H groups in total. The molecule has 110 valence electrons. The van der Waals surface area contributed by atoms with Crippen LogP contribution in [0.1, 0.15) is 4.88 Å². The van der Waals surface area contributed by atoms with E-state index in [0.717, 1.165) is 22.2 Å². The zero-order chi connectivity index (χ0) is 14.9. The lowest BCUT2D eigenvalue weighted by atomic mass is 10.1.